The van der Waals surface area contributed by atoms with Crippen molar-refractivity contribution in [3.05, 3.63) is 23.7 Å². The number of furan rings is 1. The van der Waals surface area contributed by atoms with Crippen molar-refractivity contribution in [3.8, 4) is 0 Å². The molecule has 0 spiro atoms. The summed E-state index contributed by atoms with van der Waals surface area (Å²) in [5.74, 6) is 0.461. The number of ether oxygens (including phenoxy) is 1. The number of methoxy groups -OCH3 is 1. The molecule has 1 aliphatic heterocycles. The lowest BCUT2D eigenvalue weighted by Gasteiger charge is -2.23. The van der Waals surface area contributed by atoms with Crippen molar-refractivity contribution in [2.24, 2.45) is 0 Å². The van der Waals surface area contributed by atoms with Crippen molar-refractivity contribution in [1.82, 2.24) is 5.32 Å². The Morgan fingerprint density at radius 3 is 2.89 bits per heavy atom. The topological polar surface area (TPSA) is 85.6 Å². The van der Waals surface area contributed by atoms with Crippen LogP contribution in [0, 0.1) is 0 Å². The predicted octanol–water partition coefficient (Wildman–Crippen LogP) is 0.733. The molecule has 106 valence electrons. The van der Waals surface area contributed by atoms with Gasteiger partial charge < -0.3 is 14.5 Å². The molecule has 1 fully saturated rings. The minimum atomic E-state index is -2.94. The first kappa shape index (κ1) is 14.1. The highest BCUT2D eigenvalue weighted by Gasteiger charge is 2.37. The van der Waals surface area contributed by atoms with Crippen LogP contribution in [0.15, 0.2) is 16.7 Å². The average Bonchev–Trinajstić information content (AvgIpc) is 2.91. The molecule has 0 aliphatic carbocycles. The van der Waals surface area contributed by atoms with E-state index in [-0.39, 0.29) is 11.5 Å². The summed E-state index contributed by atoms with van der Waals surface area (Å²) in [6.07, 6.45) is 1.91. The maximum atomic E-state index is 11.5. The van der Waals surface area contributed by atoms with E-state index in [0.29, 0.717) is 24.3 Å². The van der Waals surface area contributed by atoms with Crippen LogP contribution >= 0.6 is 0 Å². The van der Waals surface area contributed by atoms with Crippen molar-refractivity contribution < 1.29 is 22.4 Å². The van der Waals surface area contributed by atoms with Crippen LogP contribution in [0.25, 0.3) is 0 Å². The van der Waals surface area contributed by atoms with Gasteiger partial charge in [0.15, 0.2) is 9.84 Å². The first-order chi connectivity index (χ1) is 8.84. The van der Waals surface area contributed by atoms with E-state index in [9.17, 15) is 13.2 Å². The highest BCUT2D eigenvalue weighted by atomic mass is 32.2. The molecule has 19 heavy (non-hydrogen) atoms. The predicted molar refractivity (Wildman–Crippen MR) is 68.6 cm³/mol. The molecule has 1 N–H and O–H groups in total. The normalized spacial score (nSPS) is 25.4. The molecule has 7 heteroatoms. The monoisotopic (exact) mass is 287 g/mol. The molecular formula is C12H17NO5S. The molecule has 6 nitrogen and oxygen atoms in total. The molecule has 2 rings (SSSR count). The quantitative estimate of drug-likeness (QED) is 0.822. The summed E-state index contributed by atoms with van der Waals surface area (Å²) in [4.78, 5) is 11.3. The number of sulfone groups is 1. The maximum absolute atomic E-state index is 11.5. The van der Waals surface area contributed by atoms with Crippen LogP contribution in [0.4, 0.5) is 0 Å². The fourth-order valence-corrected chi connectivity index (χ4v) is 4.27. The highest BCUT2D eigenvalue weighted by Crippen LogP contribution is 2.23. The third-order valence-electron chi connectivity index (χ3n) is 3.27. The number of rotatable bonds is 4. The Morgan fingerprint density at radius 1 is 1.58 bits per heavy atom. The van der Waals surface area contributed by atoms with Crippen LogP contribution in [-0.4, -0.2) is 38.5 Å². The van der Waals surface area contributed by atoms with E-state index in [4.69, 9.17) is 4.42 Å². The number of esters is 1. The van der Waals surface area contributed by atoms with Crippen LogP contribution in [-0.2, 0) is 21.1 Å². The molecule has 0 saturated carbocycles. The van der Waals surface area contributed by atoms with Gasteiger partial charge in [-0.15, -0.1) is 0 Å². The lowest BCUT2D eigenvalue weighted by molar-refractivity contribution is 0.0600. The van der Waals surface area contributed by atoms with Gasteiger partial charge in [-0.3, -0.25) is 0 Å². The minimum Gasteiger partial charge on any atom is -0.467 e. The van der Waals surface area contributed by atoms with Gasteiger partial charge in [0.2, 0.25) is 0 Å². The van der Waals surface area contributed by atoms with Gasteiger partial charge in [0, 0.05) is 5.54 Å². The van der Waals surface area contributed by atoms with E-state index in [2.05, 4.69) is 10.1 Å². The van der Waals surface area contributed by atoms with Gasteiger partial charge in [-0.05, 0) is 19.4 Å². The van der Waals surface area contributed by atoms with Crippen molar-refractivity contribution in [2.75, 3.05) is 18.6 Å². The van der Waals surface area contributed by atoms with Gasteiger partial charge in [-0.2, -0.15) is 0 Å². The van der Waals surface area contributed by atoms with E-state index in [1.165, 1.54) is 13.4 Å². The number of hydrogen-bond acceptors (Lipinski definition) is 6. The zero-order chi connectivity index (χ0) is 14.1. The van der Waals surface area contributed by atoms with Crippen LogP contribution in [0.1, 0.15) is 29.5 Å². The number of nitrogens with one attached hydrogen (secondary N) is 1. The van der Waals surface area contributed by atoms with E-state index in [1.807, 2.05) is 6.92 Å². The van der Waals surface area contributed by atoms with Gasteiger partial charge in [0.1, 0.15) is 12.0 Å². The Balaban J connectivity index is 1.96. The summed E-state index contributed by atoms with van der Waals surface area (Å²) < 4.78 is 32.7. The lowest BCUT2D eigenvalue weighted by Crippen LogP contribution is -2.42. The van der Waals surface area contributed by atoms with Gasteiger partial charge in [-0.1, -0.05) is 0 Å². The molecule has 1 saturated heterocycles. The number of carbonyl (C=O) groups is 1. The van der Waals surface area contributed by atoms with Gasteiger partial charge in [0.25, 0.3) is 0 Å². The SMILES string of the molecule is COC(=O)c1coc(CNC2(C)CCS(=O)(=O)C2)c1. The molecule has 1 aromatic heterocycles. The molecule has 2 heterocycles. The molecular weight excluding hydrogens is 270 g/mol. The van der Waals surface area contributed by atoms with Gasteiger partial charge in [-0.25, -0.2) is 13.2 Å². The molecule has 0 radical (unpaired) electrons. The zero-order valence-electron chi connectivity index (χ0n) is 10.9. The molecule has 1 unspecified atom stereocenters. The fraction of sp³-hybridized carbons (Fsp3) is 0.583. The largest absolute Gasteiger partial charge is 0.467 e. The Hall–Kier alpha value is -1.34. The zero-order valence-corrected chi connectivity index (χ0v) is 11.7. The first-order valence-corrected chi connectivity index (χ1v) is 7.77. The average molecular weight is 287 g/mol. The smallest absolute Gasteiger partial charge is 0.341 e. The molecule has 1 aromatic rings. The van der Waals surface area contributed by atoms with Crippen LogP contribution in [0.5, 0.6) is 0 Å². The second-order valence-electron chi connectivity index (χ2n) is 5.05. The summed E-state index contributed by atoms with van der Waals surface area (Å²) in [6.45, 7) is 2.25. The molecule has 0 aromatic carbocycles. The number of carbonyl (C=O) groups excluding carboxylic acids is 1. The Kier molecular flexibility index (Phi) is 3.69. The van der Waals surface area contributed by atoms with E-state index in [0.717, 1.165) is 0 Å². The van der Waals surface area contributed by atoms with E-state index in [1.54, 1.807) is 6.07 Å². The van der Waals surface area contributed by atoms with Crippen molar-refractivity contribution in [2.45, 2.75) is 25.4 Å². The molecule has 1 aliphatic rings. The second-order valence-corrected chi connectivity index (χ2v) is 7.23. The summed E-state index contributed by atoms with van der Waals surface area (Å²) in [5.41, 5.74) is -0.0830. The van der Waals surface area contributed by atoms with Gasteiger partial charge >= 0.3 is 5.97 Å². The summed E-state index contributed by atoms with van der Waals surface area (Å²) in [5, 5.41) is 3.18. The second kappa shape index (κ2) is 4.97. The van der Waals surface area contributed by atoms with Crippen LogP contribution < -0.4 is 5.32 Å². The minimum absolute atomic E-state index is 0.130. The lowest BCUT2D eigenvalue weighted by atomic mass is 10.0. The first-order valence-electron chi connectivity index (χ1n) is 5.95. The van der Waals surface area contributed by atoms with Crippen LogP contribution in [0.2, 0.25) is 0 Å². The van der Waals surface area contributed by atoms with Crippen molar-refractivity contribution >= 4 is 15.8 Å². The summed E-state index contributed by atoms with van der Waals surface area (Å²) in [6, 6.07) is 1.59. The third-order valence-corrected chi connectivity index (χ3v) is 5.17. The summed E-state index contributed by atoms with van der Waals surface area (Å²) in [7, 11) is -1.63. The van der Waals surface area contributed by atoms with E-state index >= 15 is 0 Å². The Bertz CT molecular complexity index is 577. The number of hydrogen-bond donors (Lipinski definition) is 1. The van der Waals surface area contributed by atoms with E-state index < -0.39 is 21.3 Å². The Morgan fingerprint density at radius 2 is 2.32 bits per heavy atom. The summed E-state index contributed by atoms with van der Waals surface area (Å²) >= 11 is 0. The third kappa shape index (κ3) is 3.36. The molecule has 1 atom stereocenters. The molecule has 0 amide bonds. The molecule has 0 bridgehead atoms. The van der Waals surface area contributed by atoms with Crippen molar-refractivity contribution in [3.63, 3.8) is 0 Å². The fourth-order valence-electron chi connectivity index (χ4n) is 2.15. The van der Waals surface area contributed by atoms with Gasteiger partial charge in [0.05, 0.1) is 30.7 Å². The maximum Gasteiger partial charge on any atom is 0.341 e. The standard InChI is InChI=1S/C12H17NO5S/c1-12(3-4-19(15,16)8-12)13-6-10-5-9(7-18-10)11(14)17-2/h5,7,13H,3-4,6,8H2,1-2H3. The Labute approximate surface area is 112 Å². The van der Waals surface area contributed by atoms with Crippen LogP contribution in [0.3, 0.4) is 0 Å². The highest BCUT2D eigenvalue weighted by molar-refractivity contribution is 7.91. The van der Waals surface area contributed by atoms with Crippen molar-refractivity contribution in [1.29, 1.82) is 0 Å².